The van der Waals surface area contributed by atoms with Crippen molar-refractivity contribution in [2.24, 2.45) is 0 Å². The Hall–Kier alpha value is -2.21. The van der Waals surface area contributed by atoms with E-state index in [2.05, 4.69) is 20.4 Å². The Bertz CT molecular complexity index is 706. The summed E-state index contributed by atoms with van der Waals surface area (Å²) in [7, 11) is 0. The number of nitrogens with one attached hydrogen (secondary N) is 1. The molecule has 1 aromatic heterocycles. The SMILES string of the molecule is Cc1noc(-c2ccc(C(=O)N[C@H]3CCN(C4CC4)C3)cc2)n1. The number of hydrogen-bond donors (Lipinski definition) is 1. The summed E-state index contributed by atoms with van der Waals surface area (Å²) in [5.74, 6) is 1.06. The van der Waals surface area contributed by atoms with Gasteiger partial charge in [-0.1, -0.05) is 5.16 Å². The van der Waals surface area contributed by atoms with E-state index in [1.165, 1.54) is 12.8 Å². The van der Waals surface area contributed by atoms with Crippen molar-refractivity contribution in [2.45, 2.75) is 38.3 Å². The summed E-state index contributed by atoms with van der Waals surface area (Å²) in [6, 6.07) is 8.32. The van der Waals surface area contributed by atoms with Crippen LogP contribution in [0.2, 0.25) is 0 Å². The van der Waals surface area contributed by atoms with Crippen LogP contribution in [0.15, 0.2) is 28.8 Å². The van der Waals surface area contributed by atoms with Gasteiger partial charge in [0.15, 0.2) is 5.82 Å². The predicted molar refractivity (Wildman–Crippen MR) is 84.9 cm³/mol. The first kappa shape index (κ1) is 14.4. The molecule has 2 heterocycles. The van der Waals surface area contributed by atoms with E-state index in [0.29, 0.717) is 17.3 Å². The number of aryl methyl sites for hydroxylation is 1. The summed E-state index contributed by atoms with van der Waals surface area (Å²) < 4.78 is 5.13. The Morgan fingerprint density at radius 3 is 2.70 bits per heavy atom. The van der Waals surface area contributed by atoms with Crippen molar-refractivity contribution in [1.82, 2.24) is 20.4 Å². The second kappa shape index (κ2) is 5.77. The minimum Gasteiger partial charge on any atom is -0.348 e. The van der Waals surface area contributed by atoms with E-state index in [4.69, 9.17) is 4.52 Å². The smallest absolute Gasteiger partial charge is 0.257 e. The van der Waals surface area contributed by atoms with Gasteiger partial charge in [0.1, 0.15) is 0 Å². The van der Waals surface area contributed by atoms with Crippen LogP contribution in [0.3, 0.4) is 0 Å². The fourth-order valence-corrected chi connectivity index (χ4v) is 3.12. The number of rotatable bonds is 4. The second-order valence-electron chi connectivity index (χ2n) is 6.41. The quantitative estimate of drug-likeness (QED) is 0.935. The van der Waals surface area contributed by atoms with Gasteiger partial charge in [-0.2, -0.15) is 4.98 Å². The molecule has 1 aliphatic carbocycles. The highest BCUT2D eigenvalue weighted by molar-refractivity contribution is 5.94. The first-order chi connectivity index (χ1) is 11.2. The van der Waals surface area contributed by atoms with Crippen LogP contribution >= 0.6 is 0 Å². The lowest BCUT2D eigenvalue weighted by molar-refractivity contribution is 0.0937. The molecule has 0 bridgehead atoms. The van der Waals surface area contributed by atoms with Gasteiger partial charge in [0, 0.05) is 36.3 Å². The molecule has 1 saturated carbocycles. The predicted octanol–water partition coefficient (Wildman–Crippen LogP) is 2.01. The highest BCUT2D eigenvalue weighted by Crippen LogP contribution is 2.29. The Morgan fingerprint density at radius 1 is 1.26 bits per heavy atom. The van der Waals surface area contributed by atoms with Crippen molar-refractivity contribution < 1.29 is 9.32 Å². The van der Waals surface area contributed by atoms with E-state index in [0.717, 1.165) is 31.1 Å². The maximum Gasteiger partial charge on any atom is 0.257 e. The average Bonchev–Trinajstić information content (AvgIpc) is 3.16. The van der Waals surface area contributed by atoms with Gasteiger partial charge in [-0.25, -0.2) is 0 Å². The zero-order valence-electron chi connectivity index (χ0n) is 13.2. The fourth-order valence-electron chi connectivity index (χ4n) is 3.12. The molecule has 6 heteroatoms. The van der Waals surface area contributed by atoms with Crippen molar-refractivity contribution >= 4 is 5.91 Å². The summed E-state index contributed by atoms with van der Waals surface area (Å²) in [6.07, 6.45) is 3.68. The van der Waals surface area contributed by atoms with Gasteiger partial charge in [-0.3, -0.25) is 9.69 Å². The lowest BCUT2D eigenvalue weighted by atomic mass is 10.1. The molecule has 1 aromatic carbocycles. The monoisotopic (exact) mass is 312 g/mol. The summed E-state index contributed by atoms with van der Waals surface area (Å²) in [6.45, 7) is 3.86. The first-order valence-corrected chi connectivity index (χ1v) is 8.15. The third-order valence-electron chi connectivity index (χ3n) is 4.54. The van der Waals surface area contributed by atoms with Gasteiger partial charge in [0.2, 0.25) is 0 Å². The second-order valence-corrected chi connectivity index (χ2v) is 6.41. The van der Waals surface area contributed by atoms with E-state index in [9.17, 15) is 4.79 Å². The van der Waals surface area contributed by atoms with Gasteiger partial charge in [0.25, 0.3) is 11.8 Å². The molecule has 6 nitrogen and oxygen atoms in total. The number of amides is 1. The highest BCUT2D eigenvalue weighted by atomic mass is 16.5. The molecule has 23 heavy (non-hydrogen) atoms. The van der Waals surface area contributed by atoms with Crippen LogP contribution in [0.1, 0.15) is 35.4 Å². The van der Waals surface area contributed by atoms with Crippen LogP contribution in [-0.4, -0.2) is 46.1 Å². The number of carbonyl (C=O) groups excluding carboxylic acids is 1. The molecule has 1 aliphatic heterocycles. The van der Waals surface area contributed by atoms with Gasteiger partial charge in [0.05, 0.1) is 0 Å². The Labute approximate surface area is 134 Å². The lowest BCUT2D eigenvalue weighted by Crippen LogP contribution is -2.37. The summed E-state index contributed by atoms with van der Waals surface area (Å²) in [4.78, 5) is 19.0. The number of nitrogens with zero attached hydrogens (tertiary/aromatic N) is 3. The molecule has 2 fully saturated rings. The van der Waals surface area contributed by atoms with Crippen LogP contribution < -0.4 is 5.32 Å². The molecule has 2 aliphatic rings. The summed E-state index contributed by atoms with van der Waals surface area (Å²) in [5.41, 5.74) is 1.48. The lowest BCUT2D eigenvalue weighted by Gasteiger charge is -2.15. The van der Waals surface area contributed by atoms with Crippen molar-refractivity contribution in [2.75, 3.05) is 13.1 Å². The topological polar surface area (TPSA) is 71.3 Å². The largest absolute Gasteiger partial charge is 0.348 e. The fraction of sp³-hybridized carbons (Fsp3) is 0.471. The standard InChI is InChI=1S/C17H20N4O2/c1-11-18-17(23-20-11)13-4-2-12(3-5-13)16(22)19-14-8-9-21(10-14)15-6-7-15/h2-5,14-15H,6-10H2,1H3,(H,19,22)/t14-/m0/s1. The molecule has 1 saturated heterocycles. The van der Waals surface area contributed by atoms with Crippen LogP contribution in [0.4, 0.5) is 0 Å². The molecule has 120 valence electrons. The molecule has 0 unspecified atom stereocenters. The molecule has 0 radical (unpaired) electrons. The van der Waals surface area contributed by atoms with Crippen molar-refractivity contribution in [1.29, 1.82) is 0 Å². The molecular weight excluding hydrogens is 292 g/mol. The van der Waals surface area contributed by atoms with Crippen molar-refractivity contribution in [3.63, 3.8) is 0 Å². The minimum atomic E-state index is -0.0130. The third-order valence-corrected chi connectivity index (χ3v) is 4.54. The molecule has 1 atom stereocenters. The van der Waals surface area contributed by atoms with E-state index >= 15 is 0 Å². The number of hydrogen-bond acceptors (Lipinski definition) is 5. The van der Waals surface area contributed by atoms with Gasteiger partial charge < -0.3 is 9.84 Å². The zero-order chi connectivity index (χ0) is 15.8. The van der Waals surface area contributed by atoms with Gasteiger partial charge in [-0.05, 0) is 50.5 Å². The Balaban J connectivity index is 1.38. The normalized spacial score (nSPS) is 21.5. The first-order valence-electron chi connectivity index (χ1n) is 8.15. The minimum absolute atomic E-state index is 0.0130. The zero-order valence-corrected chi connectivity index (χ0v) is 13.2. The summed E-state index contributed by atoms with van der Waals surface area (Å²) in [5, 5.41) is 6.91. The molecule has 0 spiro atoms. The number of benzene rings is 1. The Kier molecular flexibility index (Phi) is 3.61. The van der Waals surface area contributed by atoms with E-state index in [-0.39, 0.29) is 11.9 Å². The van der Waals surface area contributed by atoms with E-state index in [1.54, 1.807) is 19.1 Å². The van der Waals surface area contributed by atoms with Crippen LogP contribution in [0.5, 0.6) is 0 Å². The van der Waals surface area contributed by atoms with Gasteiger partial charge in [-0.15, -0.1) is 0 Å². The third kappa shape index (κ3) is 3.12. The highest BCUT2D eigenvalue weighted by Gasteiger charge is 2.34. The number of aromatic nitrogens is 2. The molecular formula is C17H20N4O2. The average molecular weight is 312 g/mol. The molecule has 2 aromatic rings. The molecule has 4 rings (SSSR count). The van der Waals surface area contributed by atoms with Gasteiger partial charge >= 0.3 is 0 Å². The Morgan fingerprint density at radius 2 is 2.04 bits per heavy atom. The van der Waals surface area contributed by atoms with Crippen molar-refractivity contribution in [3.05, 3.63) is 35.7 Å². The maximum absolute atomic E-state index is 12.4. The van der Waals surface area contributed by atoms with Crippen LogP contribution in [0.25, 0.3) is 11.5 Å². The van der Waals surface area contributed by atoms with E-state index < -0.39 is 0 Å². The van der Waals surface area contributed by atoms with E-state index in [1.807, 2.05) is 12.1 Å². The maximum atomic E-state index is 12.4. The van der Waals surface area contributed by atoms with Crippen LogP contribution in [0, 0.1) is 6.92 Å². The number of carbonyl (C=O) groups is 1. The summed E-state index contributed by atoms with van der Waals surface area (Å²) >= 11 is 0. The van der Waals surface area contributed by atoms with Crippen molar-refractivity contribution in [3.8, 4) is 11.5 Å². The number of likely N-dealkylation sites (tertiary alicyclic amines) is 1. The molecule has 1 amide bonds. The van der Waals surface area contributed by atoms with Crippen LogP contribution in [-0.2, 0) is 0 Å². The molecule has 1 N–H and O–H groups in total.